The molecule has 1 unspecified atom stereocenters. The molecule has 0 spiro atoms. The molecule has 0 radical (unpaired) electrons. The number of benzene rings is 8. The first-order valence-electron chi connectivity index (χ1n) is 21.3. The third-order valence-electron chi connectivity index (χ3n) is 11.9. The molecule has 1 atom stereocenters. The highest BCUT2D eigenvalue weighted by Crippen LogP contribution is 2.39. The summed E-state index contributed by atoms with van der Waals surface area (Å²) in [5, 5.41) is 14.9. The molecule has 0 aromatic heterocycles. The van der Waals surface area contributed by atoms with Crippen LogP contribution in [-0.4, -0.2) is 35.4 Å². The van der Waals surface area contributed by atoms with Crippen LogP contribution in [0.3, 0.4) is 0 Å². The van der Waals surface area contributed by atoms with Gasteiger partial charge < -0.3 is 15.2 Å². The molecule has 6 nitrogen and oxygen atoms in total. The van der Waals surface area contributed by atoms with E-state index in [2.05, 4.69) is 5.32 Å². The maximum Gasteiger partial charge on any atom is 0.416 e. The lowest BCUT2D eigenvalue weighted by atomic mass is 9.80. The smallest absolute Gasteiger partial charge is 0.416 e. The zero-order valence-electron chi connectivity index (χ0n) is 36.6. The summed E-state index contributed by atoms with van der Waals surface area (Å²) in [4.78, 5) is 43.8. The summed E-state index contributed by atoms with van der Waals surface area (Å²) in [6.45, 7) is 0. The van der Waals surface area contributed by atoms with Crippen LogP contribution in [0.2, 0.25) is 10.0 Å². The third kappa shape index (κ3) is 10.5. The lowest BCUT2D eigenvalue weighted by molar-refractivity contribution is -0.142. The van der Waals surface area contributed by atoms with Crippen LogP contribution in [0.4, 0.5) is 26.3 Å². The van der Waals surface area contributed by atoms with E-state index in [1.807, 2.05) is 0 Å². The van der Waals surface area contributed by atoms with Crippen molar-refractivity contribution in [2.45, 2.75) is 24.3 Å². The minimum Gasteiger partial charge on any atom is -0.496 e. The topological polar surface area (TPSA) is 92.7 Å². The van der Waals surface area contributed by atoms with Crippen LogP contribution in [0.1, 0.15) is 37.4 Å². The van der Waals surface area contributed by atoms with Crippen molar-refractivity contribution < 1.29 is 50.6 Å². The zero-order valence-corrected chi connectivity index (χ0v) is 38.1. The fourth-order valence-corrected chi connectivity index (χ4v) is 8.38. The predicted molar refractivity (Wildman–Crippen MR) is 259 cm³/mol. The standard InChI is InChI=1S/C56H37Cl2F6NO5/c1-70-50-29-27-46(58)31-49(50)40-10-8-39(9-11-40)48-30-42(38-16-23-44(24-17-38)56(62,63)64)20-28-47(48)51(66)54(53(68)69,32-33-2-4-34(5-3-33)37-18-25-45(57)26-19-37)65-52(67)41-12-6-35(7-13-41)36-14-21-43(22-15-36)55(59,60)61/h2-31H,32H2,1H3,(H,65,67)(H,68,69). The van der Waals surface area contributed by atoms with Gasteiger partial charge in [-0.3, -0.25) is 9.59 Å². The molecule has 8 aromatic rings. The Balaban J connectivity index is 1.23. The largest absolute Gasteiger partial charge is 0.496 e. The van der Waals surface area contributed by atoms with Gasteiger partial charge in [-0.25, -0.2) is 4.79 Å². The molecule has 1 amide bonds. The molecule has 0 saturated carbocycles. The van der Waals surface area contributed by atoms with Gasteiger partial charge in [0.2, 0.25) is 11.3 Å². The van der Waals surface area contributed by atoms with Crippen molar-refractivity contribution >= 4 is 40.9 Å². The van der Waals surface area contributed by atoms with Crippen molar-refractivity contribution in [2.75, 3.05) is 7.11 Å². The summed E-state index contributed by atoms with van der Waals surface area (Å²) in [6.07, 6.45) is -9.69. The van der Waals surface area contributed by atoms with Gasteiger partial charge in [0.25, 0.3) is 5.91 Å². The quantitative estimate of drug-likeness (QED) is 0.0682. The molecule has 0 aliphatic rings. The number of ketones is 1. The van der Waals surface area contributed by atoms with Crippen LogP contribution in [0.5, 0.6) is 5.75 Å². The van der Waals surface area contributed by atoms with Gasteiger partial charge in [-0.1, -0.05) is 132 Å². The fraction of sp³-hybridized carbons (Fsp3) is 0.0893. The Kier molecular flexibility index (Phi) is 13.8. The van der Waals surface area contributed by atoms with Crippen LogP contribution in [0.25, 0.3) is 55.6 Å². The number of carboxylic acid groups (broad SMARTS) is 1. The highest BCUT2D eigenvalue weighted by atomic mass is 35.5. The molecule has 0 heterocycles. The number of nitrogens with one attached hydrogen (secondary N) is 1. The molecule has 0 aliphatic carbocycles. The van der Waals surface area contributed by atoms with Crippen molar-refractivity contribution in [2.24, 2.45) is 0 Å². The van der Waals surface area contributed by atoms with Gasteiger partial charge in [0.1, 0.15) is 5.75 Å². The van der Waals surface area contributed by atoms with Crippen LogP contribution < -0.4 is 10.1 Å². The molecule has 0 fully saturated rings. The molecule has 8 aromatic carbocycles. The zero-order chi connectivity index (χ0) is 50.0. The van der Waals surface area contributed by atoms with E-state index in [1.54, 1.807) is 97.1 Å². The average molecular weight is 989 g/mol. The molecule has 70 heavy (non-hydrogen) atoms. The number of alkyl halides is 6. The molecule has 0 saturated heterocycles. The number of carboxylic acids is 1. The first kappa shape index (κ1) is 48.8. The normalized spacial score (nSPS) is 12.5. The molecule has 0 aliphatic heterocycles. The minimum absolute atomic E-state index is 0.0583. The molecule has 352 valence electrons. The van der Waals surface area contributed by atoms with E-state index in [-0.39, 0.29) is 16.7 Å². The lowest BCUT2D eigenvalue weighted by Crippen LogP contribution is -2.61. The fourth-order valence-electron chi connectivity index (χ4n) is 8.08. The number of hydrogen-bond acceptors (Lipinski definition) is 4. The SMILES string of the molecule is COc1ccc(Cl)cc1-c1ccc(-c2cc(-c3ccc(C(F)(F)F)cc3)ccc2C(=O)C(Cc2ccc(-c3ccc(Cl)cc3)cc2)(NC(=O)c2ccc(-c3ccc(C(F)(F)F)cc3)cc2)C(=O)O)cc1. The molecule has 0 bridgehead atoms. The summed E-state index contributed by atoms with van der Waals surface area (Å²) < 4.78 is 86.1. The Morgan fingerprint density at radius 3 is 1.40 bits per heavy atom. The second-order valence-electron chi connectivity index (χ2n) is 16.3. The Morgan fingerprint density at radius 1 is 0.500 bits per heavy atom. The van der Waals surface area contributed by atoms with Crippen LogP contribution in [-0.2, 0) is 23.6 Å². The number of methoxy groups -OCH3 is 1. The molecular formula is C56H37Cl2F6NO5. The third-order valence-corrected chi connectivity index (χ3v) is 12.3. The molecule has 14 heteroatoms. The Labute approximate surface area is 407 Å². The Morgan fingerprint density at radius 2 is 0.914 bits per heavy atom. The number of Topliss-reactive ketones (excluding diaryl/α,β-unsaturated/α-hetero) is 1. The summed E-state index contributed by atoms with van der Waals surface area (Å²) >= 11 is 12.4. The van der Waals surface area contributed by atoms with E-state index in [9.17, 15) is 41.0 Å². The summed E-state index contributed by atoms with van der Waals surface area (Å²) in [5.74, 6) is -3.15. The van der Waals surface area contributed by atoms with Gasteiger partial charge >= 0.3 is 18.3 Å². The van der Waals surface area contributed by atoms with E-state index in [4.69, 9.17) is 27.9 Å². The second kappa shape index (κ2) is 19.7. The van der Waals surface area contributed by atoms with Gasteiger partial charge in [-0.2, -0.15) is 26.3 Å². The van der Waals surface area contributed by atoms with Crippen molar-refractivity contribution in [1.29, 1.82) is 0 Å². The highest BCUT2D eigenvalue weighted by Gasteiger charge is 2.49. The van der Waals surface area contributed by atoms with E-state index in [0.717, 1.165) is 35.4 Å². The average Bonchev–Trinajstić information content (AvgIpc) is 3.36. The highest BCUT2D eigenvalue weighted by molar-refractivity contribution is 6.31. The van der Waals surface area contributed by atoms with Crippen LogP contribution in [0, 0.1) is 0 Å². The van der Waals surface area contributed by atoms with Crippen molar-refractivity contribution in [3.05, 3.63) is 220 Å². The first-order chi connectivity index (χ1) is 33.3. The predicted octanol–water partition coefficient (Wildman–Crippen LogP) is 15.1. The van der Waals surface area contributed by atoms with Gasteiger partial charge in [0, 0.05) is 33.2 Å². The summed E-state index contributed by atoms with van der Waals surface area (Å²) in [5.41, 5.74) is 0.916. The van der Waals surface area contributed by atoms with Gasteiger partial charge in [0.15, 0.2) is 0 Å². The van der Waals surface area contributed by atoms with E-state index >= 15 is 4.79 Å². The van der Waals surface area contributed by atoms with Gasteiger partial charge in [-0.15, -0.1) is 0 Å². The van der Waals surface area contributed by atoms with Crippen molar-refractivity contribution in [3.63, 3.8) is 0 Å². The Hall–Kier alpha value is -7.67. The number of amides is 1. The number of carbonyl (C=O) groups is 3. The van der Waals surface area contributed by atoms with Gasteiger partial charge in [0.05, 0.1) is 18.2 Å². The monoisotopic (exact) mass is 987 g/mol. The number of aliphatic carboxylic acids is 1. The number of carbonyl (C=O) groups excluding carboxylic acids is 2. The van der Waals surface area contributed by atoms with Gasteiger partial charge in [-0.05, 0) is 128 Å². The lowest BCUT2D eigenvalue weighted by Gasteiger charge is -2.30. The second-order valence-corrected chi connectivity index (χ2v) is 17.2. The van der Waals surface area contributed by atoms with E-state index in [0.29, 0.717) is 60.3 Å². The summed E-state index contributed by atoms with van der Waals surface area (Å²) in [6, 6.07) is 44.7. The van der Waals surface area contributed by atoms with E-state index < -0.39 is 53.1 Å². The number of halogens is 8. The van der Waals surface area contributed by atoms with Crippen LogP contribution in [0.15, 0.2) is 182 Å². The number of ether oxygens (including phenoxy) is 1. The maximum atomic E-state index is 15.5. The molecule has 2 N–H and O–H groups in total. The maximum absolute atomic E-state index is 15.5. The Bertz CT molecular complexity index is 3210. The van der Waals surface area contributed by atoms with Crippen molar-refractivity contribution in [1.82, 2.24) is 5.32 Å². The molecule has 8 rings (SSSR count). The first-order valence-corrected chi connectivity index (χ1v) is 22.1. The van der Waals surface area contributed by atoms with Crippen molar-refractivity contribution in [3.8, 4) is 61.4 Å². The van der Waals surface area contributed by atoms with Crippen LogP contribution >= 0.6 is 23.2 Å². The minimum atomic E-state index is -4.59. The number of rotatable bonds is 13. The van der Waals surface area contributed by atoms with E-state index in [1.165, 1.54) is 67.8 Å². The summed E-state index contributed by atoms with van der Waals surface area (Å²) in [7, 11) is 1.51. The molecular weight excluding hydrogens is 952 g/mol. The number of hydrogen-bond donors (Lipinski definition) is 2.